The first-order valence-corrected chi connectivity index (χ1v) is 7.32. The Morgan fingerprint density at radius 3 is 2.36 bits per heavy atom. The Morgan fingerprint density at radius 2 is 1.73 bits per heavy atom. The van der Waals surface area contributed by atoms with Gasteiger partial charge in [0.15, 0.2) is 6.10 Å². The van der Waals surface area contributed by atoms with E-state index in [4.69, 9.17) is 32.7 Å². The van der Waals surface area contributed by atoms with Crippen molar-refractivity contribution in [1.29, 1.82) is 0 Å². The third-order valence-corrected chi connectivity index (χ3v) is 3.40. The SMILES string of the molecule is COc1ccc(Cl)cc1NC(=O)[C@H](C)Oc1ccc(Cl)cc1. The van der Waals surface area contributed by atoms with Gasteiger partial charge < -0.3 is 14.8 Å². The molecule has 1 amide bonds. The molecular weight excluding hydrogens is 325 g/mol. The Labute approximate surface area is 138 Å². The van der Waals surface area contributed by atoms with Crippen LogP contribution < -0.4 is 14.8 Å². The lowest BCUT2D eigenvalue weighted by molar-refractivity contribution is -0.122. The molecule has 0 aliphatic rings. The van der Waals surface area contributed by atoms with Crippen LogP contribution in [0.4, 0.5) is 5.69 Å². The van der Waals surface area contributed by atoms with Crippen LogP contribution in [0.3, 0.4) is 0 Å². The minimum absolute atomic E-state index is 0.310. The highest BCUT2D eigenvalue weighted by Gasteiger charge is 2.17. The second-order valence-corrected chi connectivity index (χ2v) is 5.42. The van der Waals surface area contributed by atoms with Crippen LogP contribution in [0.5, 0.6) is 11.5 Å². The molecule has 0 aliphatic heterocycles. The summed E-state index contributed by atoms with van der Waals surface area (Å²) in [7, 11) is 1.52. The van der Waals surface area contributed by atoms with Crippen LogP contribution in [0.15, 0.2) is 42.5 Å². The fourth-order valence-electron chi connectivity index (χ4n) is 1.78. The van der Waals surface area contributed by atoms with Gasteiger partial charge in [0.05, 0.1) is 12.8 Å². The first-order chi connectivity index (χ1) is 10.5. The number of rotatable bonds is 5. The predicted molar refractivity (Wildman–Crippen MR) is 88.2 cm³/mol. The van der Waals surface area contributed by atoms with Gasteiger partial charge in [-0.25, -0.2) is 0 Å². The average molecular weight is 340 g/mol. The molecule has 116 valence electrons. The van der Waals surface area contributed by atoms with E-state index in [1.54, 1.807) is 49.4 Å². The number of hydrogen-bond acceptors (Lipinski definition) is 3. The quantitative estimate of drug-likeness (QED) is 0.877. The van der Waals surface area contributed by atoms with Gasteiger partial charge in [0, 0.05) is 10.0 Å². The molecule has 0 saturated carbocycles. The third kappa shape index (κ3) is 4.29. The van der Waals surface area contributed by atoms with E-state index >= 15 is 0 Å². The Balaban J connectivity index is 2.05. The molecule has 1 N–H and O–H groups in total. The van der Waals surface area contributed by atoms with Crippen molar-refractivity contribution < 1.29 is 14.3 Å². The molecule has 0 saturated heterocycles. The van der Waals surface area contributed by atoms with Gasteiger partial charge in [-0.05, 0) is 49.4 Å². The summed E-state index contributed by atoms with van der Waals surface area (Å²) in [6.45, 7) is 1.65. The number of anilines is 1. The van der Waals surface area contributed by atoms with Crippen LogP contribution in [0, 0.1) is 0 Å². The maximum absolute atomic E-state index is 12.2. The Hall–Kier alpha value is -1.91. The van der Waals surface area contributed by atoms with Crippen molar-refractivity contribution in [3.63, 3.8) is 0 Å². The number of nitrogens with one attached hydrogen (secondary N) is 1. The number of halogens is 2. The molecular formula is C16H15Cl2NO3. The summed E-state index contributed by atoms with van der Waals surface area (Å²) in [6.07, 6.45) is -0.690. The second-order valence-electron chi connectivity index (χ2n) is 4.55. The van der Waals surface area contributed by atoms with Gasteiger partial charge in [-0.3, -0.25) is 4.79 Å². The molecule has 0 unspecified atom stereocenters. The van der Waals surface area contributed by atoms with Gasteiger partial charge in [0.1, 0.15) is 11.5 Å². The summed E-state index contributed by atoms with van der Waals surface area (Å²) in [5, 5.41) is 3.84. The number of ether oxygens (including phenoxy) is 2. The van der Waals surface area contributed by atoms with Gasteiger partial charge in [-0.2, -0.15) is 0 Å². The summed E-state index contributed by atoms with van der Waals surface area (Å²) < 4.78 is 10.7. The van der Waals surface area contributed by atoms with Crippen molar-refractivity contribution in [3.05, 3.63) is 52.5 Å². The van der Waals surface area contributed by atoms with Crippen molar-refractivity contribution in [1.82, 2.24) is 0 Å². The summed E-state index contributed by atoms with van der Waals surface area (Å²) in [6, 6.07) is 11.8. The normalized spacial score (nSPS) is 11.6. The molecule has 6 heteroatoms. The van der Waals surface area contributed by atoms with Crippen molar-refractivity contribution in [2.24, 2.45) is 0 Å². The molecule has 22 heavy (non-hydrogen) atoms. The van der Waals surface area contributed by atoms with Crippen LogP contribution in [-0.2, 0) is 4.79 Å². The van der Waals surface area contributed by atoms with E-state index in [2.05, 4.69) is 5.32 Å². The average Bonchev–Trinajstić information content (AvgIpc) is 2.49. The summed E-state index contributed by atoms with van der Waals surface area (Å²) in [4.78, 5) is 12.2. The van der Waals surface area contributed by atoms with Gasteiger partial charge in [-0.1, -0.05) is 23.2 Å². The lowest BCUT2D eigenvalue weighted by Crippen LogP contribution is -2.30. The van der Waals surface area contributed by atoms with Crippen molar-refractivity contribution in [2.75, 3.05) is 12.4 Å². The number of carbonyl (C=O) groups excluding carboxylic acids is 1. The zero-order valence-electron chi connectivity index (χ0n) is 12.1. The summed E-state index contributed by atoms with van der Waals surface area (Å²) in [5.74, 6) is 0.775. The standard InChI is InChI=1S/C16H15Cl2NO3/c1-10(22-13-6-3-11(17)4-7-13)16(20)19-14-9-12(18)5-8-15(14)21-2/h3-10H,1-2H3,(H,19,20)/t10-/m0/s1. The highest BCUT2D eigenvalue weighted by molar-refractivity contribution is 6.31. The fourth-order valence-corrected chi connectivity index (χ4v) is 2.08. The molecule has 0 aromatic heterocycles. The Morgan fingerprint density at radius 1 is 1.09 bits per heavy atom. The van der Waals surface area contributed by atoms with E-state index in [9.17, 15) is 4.79 Å². The maximum atomic E-state index is 12.2. The molecule has 0 radical (unpaired) electrons. The van der Waals surface area contributed by atoms with E-state index in [1.165, 1.54) is 7.11 Å². The lowest BCUT2D eigenvalue weighted by atomic mass is 10.2. The van der Waals surface area contributed by atoms with Gasteiger partial charge in [0.2, 0.25) is 0 Å². The molecule has 2 rings (SSSR count). The zero-order chi connectivity index (χ0) is 16.1. The number of hydrogen-bond donors (Lipinski definition) is 1. The third-order valence-electron chi connectivity index (χ3n) is 2.92. The van der Waals surface area contributed by atoms with E-state index < -0.39 is 6.10 Å². The minimum atomic E-state index is -0.690. The molecule has 4 nitrogen and oxygen atoms in total. The van der Waals surface area contributed by atoms with E-state index in [-0.39, 0.29) is 5.91 Å². The van der Waals surface area contributed by atoms with Gasteiger partial charge >= 0.3 is 0 Å². The van der Waals surface area contributed by atoms with Crippen LogP contribution in [-0.4, -0.2) is 19.1 Å². The lowest BCUT2D eigenvalue weighted by Gasteiger charge is -2.16. The Kier molecular flexibility index (Phi) is 5.52. The van der Waals surface area contributed by atoms with Crippen LogP contribution in [0.1, 0.15) is 6.92 Å². The van der Waals surface area contributed by atoms with Crippen molar-refractivity contribution in [2.45, 2.75) is 13.0 Å². The molecule has 0 fully saturated rings. The number of methoxy groups -OCH3 is 1. The molecule has 0 heterocycles. The van der Waals surface area contributed by atoms with E-state index in [0.717, 1.165) is 0 Å². The first-order valence-electron chi connectivity index (χ1n) is 6.56. The molecule has 1 atom stereocenters. The predicted octanol–water partition coefficient (Wildman–Crippen LogP) is 4.41. The fraction of sp³-hybridized carbons (Fsp3) is 0.188. The van der Waals surface area contributed by atoms with E-state index in [1.807, 2.05) is 0 Å². The minimum Gasteiger partial charge on any atom is -0.495 e. The summed E-state index contributed by atoms with van der Waals surface area (Å²) in [5.41, 5.74) is 0.492. The smallest absolute Gasteiger partial charge is 0.265 e. The monoisotopic (exact) mass is 339 g/mol. The summed E-state index contributed by atoms with van der Waals surface area (Å²) >= 11 is 11.7. The van der Waals surface area contributed by atoms with Gasteiger partial charge in [-0.15, -0.1) is 0 Å². The molecule has 0 spiro atoms. The van der Waals surface area contributed by atoms with Crippen molar-refractivity contribution >= 4 is 34.8 Å². The molecule has 2 aromatic rings. The molecule has 0 bridgehead atoms. The number of carbonyl (C=O) groups is 1. The first kappa shape index (κ1) is 16.5. The maximum Gasteiger partial charge on any atom is 0.265 e. The van der Waals surface area contributed by atoms with Gasteiger partial charge in [0.25, 0.3) is 5.91 Å². The second kappa shape index (κ2) is 7.38. The highest BCUT2D eigenvalue weighted by Crippen LogP contribution is 2.28. The highest BCUT2D eigenvalue weighted by atomic mass is 35.5. The largest absolute Gasteiger partial charge is 0.495 e. The number of benzene rings is 2. The Bertz CT molecular complexity index is 659. The molecule has 2 aromatic carbocycles. The van der Waals surface area contributed by atoms with Crippen LogP contribution in [0.2, 0.25) is 10.0 Å². The topological polar surface area (TPSA) is 47.6 Å². The van der Waals surface area contributed by atoms with Crippen molar-refractivity contribution in [3.8, 4) is 11.5 Å². The molecule has 0 aliphatic carbocycles. The van der Waals surface area contributed by atoms with Crippen LogP contribution in [0.25, 0.3) is 0 Å². The number of amides is 1. The van der Waals surface area contributed by atoms with Crippen LogP contribution >= 0.6 is 23.2 Å². The van der Waals surface area contributed by atoms with E-state index in [0.29, 0.717) is 27.2 Å². The zero-order valence-corrected chi connectivity index (χ0v) is 13.6.